The van der Waals surface area contributed by atoms with E-state index in [9.17, 15) is 0 Å². The molecule has 0 saturated heterocycles. The topological polar surface area (TPSA) is 46.3 Å². The number of hydrogen-bond acceptors (Lipinski definition) is 3. The maximum Gasteiger partial charge on any atom is 0.121 e. The maximum atomic E-state index is 5.68. The predicted molar refractivity (Wildman–Crippen MR) is 101 cm³/mol. The normalized spacial score (nSPS) is 16.7. The molecule has 0 spiro atoms. The number of rotatable bonds is 4. The third-order valence-corrected chi connectivity index (χ3v) is 4.99. The molecule has 1 atom stereocenters. The largest absolute Gasteiger partial charge is 0.496 e. The Morgan fingerprint density at radius 1 is 1.16 bits per heavy atom. The van der Waals surface area contributed by atoms with E-state index in [1.807, 2.05) is 13.0 Å². The molecule has 0 radical (unpaired) electrons. The first-order valence-electron chi connectivity index (χ1n) is 8.86. The molecule has 4 nitrogen and oxygen atoms in total. The van der Waals surface area contributed by atoms with Crippen LogP contribution in [0.15, 0.2) is 36.4 Å². The van der Waals surface area contributed by atoms with Crippen molar-refractivity contribution in [1.29, 1.82) is 0 Å². The Kier molecular flexibility index (Phi) is 4.14. The van der Waals surface area contributed by atoms with Crippen LogP contribution in [-0.2, 0) is 6.42 Å². The van der Waals surface area contributed by atoms with Crippen molar-refractivity contribution in [2.24, 2.45) is 0 Å². The zero-order chi connectivity index (χ0) is 17.4. The van der Waals surface area contributed by atoms with Gasteiger partial charge in [0.15, 0.2) is 0 Å². The molecular weight excluding hydrogens is 312 g/mol. The van der Waals surface area contributed by atoms with Crippen molar-refractivity contribution < 1.29 is 9.47 Å². The fourth-order valence-corrected chi connectivity index (χ4v) is 3.83. The van der Waals surface area contributed by atoms with Gasteiger partial charge >= 0.3 is 0 Å². The Labute approximate surface area is 148 Å². The van der Waals surface area contributed by atoms with E-state index in [1.54, 1.807) is 7.11 Å². The van der Waals surface area contributed by atoms with Crippen LogP contribution >= 0.6 is 0 Å². The van der Waals surface area contributed by atoms with Gasteiger partial charge in [-0.05, 0) is 61.2 Å². The summed E-state index contributed by atoms with van der Waals surface area (Å²) in [7, 11) is 1.71. The molecule has 3 aromatic rings. The van der Waals surface area contributed by atoms with Crippen LogP contribution in [0.3, 0.4) is 0 Å². The molecule has 0 saturated carbocycles. The fraction of sp³-hybridized carbons (Fsp3) is 0.333. The number of hydrogen-bond donors (Lipinski definition) is 2. The van der Waals surface area contributed by atoms with Crippen molar-refractivity contribution in [2.75, 3.05) is 20.3 Å². The summed E-state index contributed by atoms with van der Waals surface area (Å²) >= 11 is 0. The van der Waals surface area contributed by atoms with Gasteiger partial charge in [-0.2, -0.15) is 0 Å². The van der Waals surface area contributed by atoms with Crippen LogP contribution in [0.1, 0.15) is 35.3 Å². The van der Waals surface area contributed by atoms with Crippen molar-refractivity contribution in [3.63, 3.8) is 0 Å². The van der Waals surface area contributed by atoms with E-state index in [4.69, 9.17) is 9.47 Å². The van der Waals surface area contributed by atoms with Gasteiger partial charge in [0.05, 0.1) is 19.8 Å². The monoisotopic (exact) mass is 336 g/mol. The second-order valence-corrected chi connectivity index (χ2v) is 6.52. The number of aryl methyl sites for hydroxylation is 1. The number of nitrogens with one attached hydrogen (secondary N) is 2. The molecule has 0 aliphatic carbocycles. The SMILES string of the molecule is CCOc1ccc2[nH]c3c(c2c1)CCNC3c1ccc(OC)c(C)c1. The van der Waals surface area contributed by atoms with Crippen LogP contribution in [0.2, 0.25) is 0 Å². The van der Waals surface area contributed by atoms with Crippen molar-refractivity contribution in [2.45, 2.75) is 26.3 Å². The zero-order valence-corrected chi connectivity index (χ0v) is 15.0. The average molecular weight is 336 g/mol. The first-order valence-corrected chi connectivity index (χ1v) is 8.86. The van der Waals surface area contributed by atoms with Gasteiger partial charge in [-0.3, -0.25) is 0 Å². The lowest BCUT2D eigenvalue weighted by Crippen LogP contribution is -2.30. The number of benzene rings is 2. The molecular formula is C21H24N2O2. The van der Waals surface area contributed by atoms with Crippen LogP contribution in [0.25, 0.3) is 10.9 Å². The summed E-state index contributed by atoms with van der Waals surface area (Å²) in [5.41, 5.74) is 6.25. The zero-order valence-electron chi connectivity index (χ0n) is 15.0. The smallest absolute Gasteiger partial charge is 0.121 e. The van der Waals surface area contributed by atoms with Crippen LogP contribution < -0.4 is 14.8 Å². The maximum absolute atomic E-state index is 5.68. The summed E-state index contributed by atoms with van der Waals surface area (Å²) in [4.78, 5) is 3.63. The average Bonchev–Trinajstić information content (AvgIpc) is 3.00. The third-order valence-electron chi connectivity index (χ3n) is 4.99. The number of aromatic nitrogens is 1. The minimum atomic E-state index is 0.177. The quantitative estimate of drug-likeness (QED) is 0.753. The van der Waals surface area contributed by atoms with E-state index in [1.165, 1.54) is 27.7 Å². The Morgan fingerprint density at radius 2 is 2.04 bits per heavy atom. The van der Waals surface area contributed by atoms with Gasteiger partial charge in [-0.25, -0.2) is 0 Å². The molecule has 25 heavy (non-hydrogen) atoms. The van der Waals surface area contributed by atoms with Crippen LogP contribution in [0.4, 0.5) is 0 Å². The first kappa shape index (κ1) is 16.0. The lowest BCUT2D eigenvalue weighted by Gasteiger charge is -2.25. The van der Waals surface area contributed by atoms with Gasteiger partial charge in [-0.1, -0.05) is 12.1 Å². The molecule has 4 heteroatoms. The van der Waals surface area contributed by atoms with Gasteiger partial charge in [0.25, 0.3) is 0 Å². The van der Waals surface area contributed by atoms with Gasteiger partial charge < -0.3 is 19.8 Å². The summed E-state index contributed by atoms with van der Waals surface area (Å²) in [6.45, 7) is 5.76. The minimum Gasteiger partial charge on any atom is -0.496 e. The number of H-pyrrole nitrogens is 1. The summed E-state index contributed by atoms with van der Waals surface area (Å²) in [5.74, 6) is 1.87. The van der Waals surface area contributed by atoms with Crippen molar-refractivity contribution in [3.05, 3.63) is 58.8 Å². The molecule has 1 aliphatic heterocycles. The van der Waals surface area contributed by atoms with E-state index in [0.717, 1.165) is 30.0 Å². The standard InChI is InChI=1S/C21H24N2O2/c1-4-25-15-6-7-18-17(12-15)16-9-10-22-20(21(16)23-18)14-5-8-19(24-3)13(2)11-14/h5-8,11-12,20,22-23H,4,9-10H2,1-3H3. The van der Waals surface area contributed by atoms with E-state index >= 15 is 0 Å². The summed E-state index contributed by atoms with van der Waals surface area (Å²) in [5, 5.41) is 4.93. The predicted octanol–water partition coefficient (Wildman–Crippen LogP) is 4.12. The van der Waals surface area contributed by atoms with E-state index in [2.05, 4.69) is 47.6 Å². The van der Waals surface area contributed by atoms with E-state index in [0.29, 0.717) is 6.61 Å². The van der Waals surface area contributed by atoms with Crippen molar-refractivity contribution in [1.82, 2.24) is 10.3 Å². The second kappa shape index (κ2) is 6.45. The van der Waals surface area contributed by atoms with Crippen molar-refractivity contribution in [3.8, 4) is 11.5 Å². The number of aromatic amines is 1. The highest BCUT2D eigenvalue weighted by molar-refractivity contribution is 5.86. The number of ether oxygens (including phenoxy) is 2. The van der Waals surface area contributed by atoms with Gasteiger partial charge in [0.1, 0.15) is 11.5 Å². The fourth-order valence-electron chi connectivity index (χ4n) is 3.83. The first-order chi connectivity index (χ1) is 12.2. The van der Waals surface area contributed by atoms with Crippen LogP contribution in [0.5, 0.6) is 11.5 Å². The van der Waals surface area contributed by atoms with E-state index < -0.39 is 0 Å². The van der Waals surface area contributed by atoms with Crippen LogP contribution in [-0.4, -0.2) is 25.2 Å². The summed E-state index contributed by atoms with van der Waals surface area (Å²) in [6, 6.07) is 12.9. The molecule has 0 fully saturated rings. The molecule has 2 heterocycles. The molecule has 0 bridgehead atoms. The van der Waals surface area contributed by atoms with Crippen LogP contribution in [0, 0.1) is 6.92 Å². The number of fused-ring (bicyclic) bond motifs is 3. The van der Waals surface area contributed by atoms with Gasteiger partial charge in [0, 0.05) is 23.1 Å². The lowest BCUT2D eigenvalue weighted by atomic mass is 9.93. The molecule has 1 aliphatic rings. The highest BCUT2D eigenvalue weighted by atomic mass is 16.5. The summed E-state index contributed by atoms with van der Waals surface area (Å²) < 4.78 is 11.1. The highest BCUT2D eigenvalue weighted by Gasteiger charge is 2.25. The molecule has 1 aromatic heterocycles. The Bertz CT molecular complexity index is 914. The number of methoxy groups -OCH3 is 1. The molecule has 2 N–H and O–H groups in total. The summed E-state index contributed by atoms with van der Waals surface area (Å²) in [6.07, 6.45) is 1.02. The molecule has 1 unspecified atom stereocenters. The van der Waals surface area contributed by atoms with Gasteiger partial charge in [0.2, 0.25) is 0 Å². The van der Waals surface area contributed by atoms with Gasteiger partial charge in [-0.15, -0.1) is 0 Å². The Balaban J connectivity index is 1.79. The van der Waals surface area contributed by atoms with Crippen molar-refractivity contribution >= 4 is 10.9 Å². The molecule has 0 amide bonds. The lowest BCUT2D eigenvalue weighted by molar-refractivity contribution is 0.340. The molecule has 2 aromatic carbocycles. The molecule has 4 rings (SSSR count). The van der Waals surface area contributed by atoms with E-state index in [-0.39, 0.29) is 6.04 Å². The third kappa shape index (κ3) is 2.76. The Morgan fingerprint density at radius 3 is 2.80 bits per heavy atom. The molecule has 130 valence electrons. The minimum absolute atomic E-state index is 0.177. The second-order valence-electron chi connectivity index (χ2n) is 6.52. The Hall–Kier alpha value is -2.46. The highest BCUT2D eigenvalue weighted by Crippen LogP contribution is 2.36.